The predicted molar refractivity (Wildman–Crippen MR) is 105 cm³/mol. The van der Waals surface area contributed by atoms with Gasteiger partial charge >= 0.3 is 0 Å². The lowest BCUT2D eigenvalue weighted by Gasteiger charge is -2.11. The van der Waals surface area contributed by atoms with Crippen molar-refractivity contribution in [2.45, 2.75) is 0 Å². The van der Waals surface area contributed by atoms with Crippen LogP contribution in [0.5, 0.6) is 0 Å². The highest BCUT2D eigenvalue weighted by atomic mass is 19.2. The number of halogens is 6. The molecule has 172 valence electrons. The van der Waals surface area contributed by atoms with Crippen molar-refractivity contribution in [3.05, 3.63) is 46.0 Å². The van der Waals surface area contributed by atoms with Crippen LogP contribution in [0.3, 0.4) is 0 Å². The van der Waals surface area contributed by atoms with Gasteiger partial charge in [0.05, 0.1) is 10.8 Å². The Morgan fingerprint density at radius 1 is 0.500 bits per heavy atom. The molecule has 0 radical (unpaired) electrons. The van der Waals surface area contributed by atoms with Gasteiger partial charge in [0.2, 0.25) is 11.1 Å². The summed E-state index contributed by atoms with van der Waals surface area (Å²) in [6, 6.07) is 5.45. The summed E-state index contributed by atoms with van der Waals surface area (Å²) >= 11 is 0. The van der Waals surface area contributed by atoms with E-state index in [1.807, 2.05) is 0 Å². The number of nitrogens with zero attached hydrogens (tertiary/aromatic N) is 6. The maximum Gasteiger partial charge on any atom is 0.249 e. The number of aromatic nitrogens is 2. The minimum Gasteiger partial charge on any atom is -0.434 e. The quantitative estimate of drug-likeness (QED) is 0.235. The Kier molecular flexibility index (Phi) is 4.60. The monoisotopic (exact) mass is 494 g/mol. The van der Waals surface area contributed by atoms with E-state index in [1.54, 1.807) is 0 Å². The van der Waals surface area contributed by atoms with Crippen LogP contribution >= 0.6 is 0 Å². The lowest BCUT2D eigenvalue weighted by Crippen LogP contribution is -2.04. The molecular formula is C22F6N6O2. The molecular weight excluding hydrogens is 494 g/mol. The van der Waals surface area contributed by atoms with E-state index in [-0.39, 0.29) is 0 Å². The highest BCUT2D eigenvalue weighted by molar-refractivity contribution is 6.18. The molecule has 0 aliphatic heterocycles. The van der Waals surface area contributed by atoms with E-state index in [2.05, 4.69) is 9.97 Å². The normalized spacial score (nSPS) is 10.9. The molecule has 0 aliphatic rings. The molecule has 0 saturated carbocycles. The number of nitriles is 4. The molecule has 0 unspecified atom stereocenters. The van der Waals surface area contributed by atoms with E-state index < -0.39 is 101 Å². The van der Waals surface area contributed by atoms with Gasteiger partial charge < -0.3 is 8.83 Å². The number of oxazole rings is 2. The molecule has 0 amide bonds. The first-order valence-electron chi connectivity index (χ1n) is 9.24. The van der Waals surface area contributed by atoms with Gasteiger partial charge in [0.15, 0.2) is 57.2 Å². The molecule has 0 spiro atoms. The third-order valence-electron chi connectivity index (χ3n) is 5.20. The zero-order valence-electron chi connectivity index (χ0n) is 16.8. The van der Waals surface area contributed by atoms with E-state index in [0.29, 0.717) is 0 Å². The number of rotatable bonds is 0. The molecule has 14 heteroatoms. The average Bonchev–Trinajstić information content (AvgIpc) is 3.50. The minimum absolute atomic E-state index is 0.819. The second-order valence-corrected chi connectivity index (χ2v) is 6.97. The number of benzene rings is 3. The van der Waals surface area contributed by atoms with E-state index >= 15 is 22.0 Å². The van der Waals surface area contributed by atoms with Crippen LogP contribution in [0.4, 0.5) is 26.3 Å². The Balaban J connectivity index is 2.17. The van der Waals surface area contributed by atoms with Gasteiger partial charge in [0, 0.05) is 10.8 Å². The number of hydrogen-bond acceptors (Lipinski definition) is 8. The maximum absolute atomic E-state index is 15.5. The first kappa shape index (κ1) is 22.2. The van der Waals surface area contributed by atoms with Crippen molar-refractivity contribution in [1.29, 1.82) is 21.0 Å². The lowest BCUT2D eigenvalue weighted by molar-refractivity contribution is 0.508. The largest absolute Gasteiger partial charge is 0.434 e. The van der Waals surface area contributed by atoms with Crippen LogP contribution in [-0.4, -0.2) is 9.97 Å². The second kappa shape index (κ2) is 7.45. The summed E-state index contributed by atoms with van der Waals surface area (Å²) in [5, 5.41) is 30.5. The van der Waals surface area contributed by atoms with Crippen molar-refractivity contribution in [2.75, 3.05) is 0 Å². The van der Waals surface area contributed by atoms with Crippen LogP contribution in [0.15, 0.2) is 8.83 Å². The highest BCUT2D eigenvalue weighted by Crippen LogP contribution is 2.42. The van der Waals surface area contributed by atoms with E-state index in [4.69, 9.17) is 29.9 Å². The molecule has 0 aliphatic carbocycles. The summed E-state index contributed by atoms with van der Waals surface area (Å²) in [6.07, 6.45) is 0. The van der Waals surface area contributed by atoms with Crippen LogP contribution < -0.4 is 11.1 Å². The smallest absolute Gasteiger partial charge is 0.249 e. The van der Waals surface area contributed by atoms with Crippen LogP contribution in [0.1, 0.15) is 0 Å². The van der Waals surface area contributed by atoms with Crippen molar-refractivity contribution >= 4 is 54.9 Å². The molecule has 5 rings (SSSR count). The third-order valence-corrected chi connectivity index (χ3v) is 5.20. The van der Waals surface area contributed by atoms with Gasteiger partial charge in [-0.3, -0.25) is 0 Å². The van der Waals surface area contributed by atoms with Gasteiger partial charge in [-0.2, -0.15) is 21.0 Å². The van der Waals surface area contributed by atoms with Crippen LogP contribution in [0, 0.1) is 80.2 Å². The molecule has 0 N–H and O–H groups in total. The van der Waals surface area contributed by atoms with Crippen molar-refractivity contribution in [3.63, 3.8) is 0 Å². The molecule has 2 heterocycles. The van der Waals surface area contributed by atoms with Crippen LogP contribution in [0.2, 0.25) is 0 Å². The summed E-state index contributed by atoms with van der Waals surface area (Å²) in [4.78, 5) is 6.87. The van der Waals surface area contributed by atoms with Gasteiger partial charge in [-0.1, -0.05) is 0 Å². The molecule has 36 heavy (non-hydrogen) atoms. The number of hydrogen-bond donors (Lipinski definition) is 0. The topological polar surface area (TPSA) is 147 Å². The van der Waals surface area contributed by atoms with E-state index in [9.17, 15) is 4.39 Å². The molecule has 5 aromatic rings. The minimum atomic E-state index is -2.06. The SMILES string of the molecule is N#CC(C#N)=c1nc2c(F)c3c(F)c(F)c4c5oc(=C(C#N)C#N)nc5c(F)c(F)c4c3c(F)c2o1. The summed E-state index contributed by atoms with van der Waals surface area (Å²) < 4.78 is 101. The molecule has 0 atom stereocenters. The van der Waals surface area contributed by atoms with Gasteiger partial charge in [0.1, 0.15) is 35.3 Å². The Morgan fingerprint density at radius 3 is 1.44 bits per heavy atom. The fourth-order valence-electron chi connectivity index (χ4n) is 3.70. The van der Waals surface area contributed by atoms with Gasteiger partial charge in [-0.15, -0.1) is 0 Å². The summed E-state index contributed by atoms with van der Waals surface area (Å²) in [6.45, 7) is 0. The predicted octanol–water partition coefficient (Wildman–Crippen LogP) is 3.51. The van der Waals surface area contributed by atoms with Crippen molar-refractivity contribution < 1.29 is 35.2 Å². The summed E-state index contributed by atoms with van der Waals surface area (Å²) in [5.74, 6) is -11.4. The number of fused-ring (bicyclic) bond motifs is 6. The first-order valence-corrected chi connectivity index (χ1v) is 9.24. The van der Waals surface area contributed by atoms with Gasteiger partial charge in [-0.25, -0.2) is 36.3 Å². The Labute approximate surface area is 192 Å². The van der Waals surface area contributed by atoms with Crippen molar-refractivity contribution in [2.24, 2.45) is 0 Å². The second-order valence-electron chi connectivity index (χ2n) is 6.97. The third kappa shape index (κ3) is 2.61. The van der Waals surface area contributed by atoms with Gasteiger partial charge in [-0.05, 0) is 0 Å². The van der Waals surface area contributed by atoms with E-state index in [0.717, 1.165) is 0 Å². The van der Waals surface area contributed by atoms with E-state index in [1.165, 1.54) is 24.3 Å². The average molecular weight is 494 g/mol. The van der Waals surface area contributed by atoms with Crippen molar-refractivity contribution in [1.82, 2.24) is 9.97 Å². The lowest BCUT2D eigenvalue weighted by atomic mass is 9.97. The fraction of sp³-hybridized carbons (Fsp3) is 0. The zero-order valence-corrected chi connectivity index (χ0v) is 16.8. The van der Waals surface area contributed by atoms with Crippen LogP contribution in [0.25, 0.3) is 54.9 Å². The standard InChI is InChI=1S/C22F6N6O2/c23-11-8-7-9(14(26)17-20(15(7)27)36-22(33-17)6(3-31)4-32)12(24)13(25)10(8)19-18(16(11)28)34-21(35-19)5(1-29)2-30. The Morgan fingerprint density at radius 2 is 0.917 bits per heavy atom. The molecule has 0 bridgehead atoms. The van der Waals surface area contributed by atoms with Gasteiger partial charge in [0.25, 0.3) is 0 Å². The zero-order chi connectivity index (χ0) is 26.0. The Bertz CT molecular complexity index is 2140. The molecule has 8 nitrogen and oxygen atoms in total. The van der Waals surface area contributed by atoms with Crippen molar-refractivity contribution in [3.8, 4) is 24.3 Å². The summed E-state index contributed by atoms with van der Waals surface area (Å²) in [7, 11) is 0. The molecule has 0 fully saturated rings. The maximum atomic E-state index is 15.5. The molecule has 0 saturated heterocycles. The first-order chi connectivity index (χ1) is 17.2. The molecule has 3 aromatic carbocycles. The fourth-order valence-corrected chi connectivity index (χ4v) is 3.70. The van der Waals surface area contributed by atoms with Crippen LogP contribution in [-0.2, 0) is 0 Å². The Hall–Kier alpha value is -5.60. The highest BCUT2D eigenvalue weighted by Gasteiger charge is 2.32. The summed E-state index contributed by atoms with van der Waals surface area (Å²) in [5.41, 5.74) is -7.58. The molecule has 2 aromatic heterocycles.